The summed E-state index contributed by atoms with van der Waals surface area (Å²) in [5, 5.41) is 0. The van der Waals surface area contributed by atoms with Crippen LogP contribution in [-0.4, -0.2) is 18.5 Å². The topological polar surface area (TPSA) is 54.4 Å². The molecule has 0 amide bonds. The van der Waals surface area contributed by atoms with Crippen molar-refractivity contribution in [3.63, 3.8) is 0 Å². The first kappa shape index (κ1) is 14.7. The summed E-state index contributed by atoms with van der Waals surface area (Å²) in [6, 6.07) is 10.0. The maximum absolute atomic E-state index is 10.7. The maximum atomic E-state index is 10.7. The maximum Gasteiger partial charge on any atom is 0.522 e. The average molecular weight is 254 g/mol. The second-order valence-corrected chi connectivity index (χ2v) is 3.95. The minimum absolute atomic E-state index is 1.17. The van der Waals surface area contributed by atoms with E-state index in [0.717, 1.165) is 0 Å². The van der Waals surface area contributed by atoms with Gasteiger partial charge < -0.3 is 0 Å². The molecule has 0 saturated heterocycles. The summed E-state index contributed by atoms with van der Waals surface area (Å²) >= 11 is 0. The van der Waals surface area contributed by atoms with Crippen LogP contribution < -0.4 is 0 Å². The zero-order valence-corrected chi connectivity index (χ0v) is 8.79. The number of alkyl halides is 3. The van der Waals surface area contributed by atoms with E-state index >= 15 is 0 Å². The Bertz CT molecular complexity index is 423. The smallest absolute Gasteiger partial charge is 0.279 e. The molecule has 0 aliphatic rings. The number of hydrogen-bond donors (Lipinski definition) is 1. The van der Waals surface area contributed by atoms with Crippen molar-refractivity contribution < 1.29 is 26.1 Å². The first-order valence-corrected chi connectivity index (χ1v) is 5.33. The lowest BCUT2D eigenvalue weighted by Crippen LogP contribution is -2.21. The van der Waals surface area contributed by atoms with E-state index in [4.69, 9.17) is 13.0 Å². The van der Waals surface area contributed by atoms with Crippen LogP contribution in [-0.2, 0) is 10.1 Å². The third-order valence-electron chi connectivity index (χ3n) is 1.33. The monoisotopic (exact) mass is 254 g/mol. The summed E-state index contributed by atoms with van der Waals surface area (Å²) in [4.78, 5) is 0. The Morgan fingerprint density at radius 1 is 1.19 bits per heavy atom. The normalized spacial score (nSPS) is 11.2. The van der Waals surface area contributed by atoms with Crippen molar-refractivity contribution in [3.05, 3.63) is 42.5 Å². The van der Waals surface area contributed by atoms with Crippen LogP contribution in [0.3, 0.4) is 0 Å². The highest BCUT2D eigenvalue weighted by molar-refractivity contribution is 7.86. The summed E-state index contributed by atoms with van der Waals surface area (Å²) in [6.45, 7) is 3.63. The molecule has 0 heterocycles. The Balaban J connectivity index is 0.000000281. The molecule has 0 saturated carbocycles. The van der Waals surface area contributed by atoms with Gasteiger partial charge >= 0.3 is 15.6 Å². The molecule has 0 bridgehead atoms. The third kappa shape index (κ3) is 5.52. The summed E-state index contributed by atoms with van der Waals surface area (Å²) in [5.74, 6) is 0. The zero-order chi connectivity index (χ0) is 12.8. The van der Waals surface area contributed by atoms with Gasteiger partial charge in [0.15, 0.2) is 0 Å². The number of benzene rings is 1. The van der Waals surface area contributed by atoms with Gasteiger partial charge in [0, 0.05) is 0 Å². The van der Waals surface area contributed by atoms with E-state index in [1.807, 2.05) is 36.4 Å². The average Bonchev–Trinajstić information content (AvgIpc) is 2.17. The van der Waals surface area contributed by atoms with Crippen LogP contribution >= 0.6 is 0 Å². The van der Waals surface area contributed by atoms with E-state index in [1.54, 1.807) is 0 Å². The quantitative estimate of drug-likeness (QED) is 0.619. The summed E-state index contributed by atoms with van der Waals surface area (Å²) < 4.78 is 57.5. The van der Waals surface area contributed by atoms with E-state index in [9.17, 15) is 13.2 Å². The molecule has 90 valence electrons. The SMILES string of the molecule is C=Cc1ccccc1.O=S(=O)(O)C(F)(F)F. The Morgan fingerprint density at radius 3 is 1.75 bits per heavy atom. The van der Waals surface area contributed by atoms with E-state index < -0.39 is 15.6 Å². The molecule has 7 heteroatoms. The summed E-state index contributed by atoms with van der Waals surface area (Å²) in [5.41, 5.74) is -4.36. The highest BCUT2D eigenvalue weighted by Gasteiger charge is 2.44. The second-order valence-electron chi connectivity index (χ2n) is 2.54. The Morgan fingerprint density at radius 2 is 1.56 bits per heavy atom. The molecule has 3 nitrogen and oxygen atoms in total. The lowest BCUT2D eigenvalue weighted by atomic mass is 10.2. The lowest BCUT2D eigenvalue weighted by Gasteiger charge is -1.97. The first-order valence-electron chi connectivity index (χ1n) is 3.89. The highest BCUT2D eigenvalue weighted by Crippen LogP contribution is 2.20. The van der Waals surface area contributed by atoms with Crippen molar-refractivity contribution in [2.24, 2.45) is 0 Å². The van der Waals surface area contributed by atoms with Crippen LogP contribution in [0.25, 0.3) is 6.08 Å². The van der Waals surface area contributed by atoms with Gasteiger partial charge in [-0.1, -0.05) is 43.0 Å². The summed E-state index contributed by atoms with van der Waals surface area (Å²) in [7, 11) is -5.84. The van der Waals surface area contributed by atoms with E-state index in [1.165, 1.54) is 5.56 Å². The van der Waals surface area contributed by atoms with Gasteiger partial charge in [0.05, 0.1) is 0 Å². The molecule has 0 aliphatic heterocycles. The molecule has 0 atom stereocenters. The number of halogens is 3. The fraction of sp³-hybridized carbons (Fsp3) is 0.111. The predicted molar refractivity (Wildman–Crippen MR) is 54.1 cm³/mol. The molecule has 0 radical (unpaired) electrons. The van der Waals surface area contributed by atoms with E-state index in [-0.39, 0.29) is 0 Å². The first-order chi connectivity index (χ1) is 7.18. The third-order valence-corrected chi connectivity index (χ3v) is 1.91. The molecule has 1 aromatic rings. The Kier molecular flexibility index (Phi) is 5.19. The van der Waals surface area contributed by atoms with Gasteiger partial charge in [0.1, 0.15) is 0 Å². The minimum atomic E-state index is -5.84. The predicted octanol–water partition coefficient (Wildman–Crippen LogP) is 2.72. The van der Waals surface area contributed by atoms with Gasteiger partial charge in [-0.2, -0.15) is 21.6 Å². The Hall–Kier alpha value is -1.34. The van der Waals surface area contributed by atoms with Gasteiger partial charge in [0.25, 0.3) is 0 Å². The Labute approximate surface area is 91.0 Å². The van der Waals surface area contributed by atoms with Gasteiger partial charge in [-0.15, -0.1) is 0 Å². The van der Waals surface area contributed by atoms with Gasteiger partial charge in [0.2, 0.25) is 0 Å². The number of rotatable bonds is 1. The van der Waals surface area contributed by atoms with E-state index in [0.29, 0.717) is 0 Å². The lowest BCUT2D eigenvalue weighted by molar-refractivity contribution is -0.0510. The molecule has 0 aliphatic carbocycles. The van der Waals surface area contributed by atoms with Gasteiger partial charge in [-0.25, -0.2) is 0 Å². The standard InChI is InChI=1S/C8H8.CHF3O3S/c1-2-8-6-4-3-5-7-8;2-1(3,4)8(5,6)7/h2-7H,1H2;(H,5,6,7). The molecule has 0 unspecified atom stereocenters. The molecule has 0 spiro atoms. The molecular weight excluding hydrogens is 245 g/mol. The van der Waals surface area contributed by atoms with Crippen LogP contribution in [0.4, 0.5) is 13.2 Å². The van der Waals surface area contributed by atoms with Crippen LogP contribution in [0.15, 0.2) is 36.9 Å². The van der Waals surface area contributed by atoms with Crippen molar-refractivity contribution in [1.82, 2.24) is 0 Å². The minimum Gasteiger partial charge on any atom is -0.279 e. The van der Waals surface area contributed by atoms with E-state index in [2.05, 4.69) is 6.58 Å². The van der Waals surface area contributed by atoms with Crippen LogP contribution in [0.5, 0.6) is 0 Å². The second kappa shape index (κ2) is 5.66. The molecule has 0 fully saturated rings. The fourth-order valence-electron chi connectivity index (χ4n) is 0.589. The molecule has 1 N–H and O–H groups in total. The van der Waals surface area contributed by atoms with Crippen molar-refractivity contribution in [1.29, 1.82) is 0 Å². The summed E-state index contributed by atoms with van der Waals surface area (Å²) in [6.07, 6.45) is 1.83. The van der Waals surface area contributed by atoms with Crippen LogP contribution in [0.1, 0.15) is 5.56 Å². The van der Waals surface area contributed by atoms with Crippen molar-refractivity contribution in [3.8, 4) is 0 Å². The fourth-order valence-corrected chi connectivity index (χ4v) is 0.589. The van der Waals surface area contributed by atoms with Crippen molar-refractivity contribution in [2.45, 2.75) is 5.51 Å². The largest absolute Gasteiger partial charge is 0.522 e. The zero-order valence-electron chi connectivity index (χ0n) is 7.98. The van der Waals surface area contributed by atoms with Crippen molar-refractivity contribution in [2.75, 3.05) is 0 Å². The molecule has 1 rings (SSSR count). The molecule has 16 heavy (non-hydrogen) atoms. The molecule has 1 aromatic carbocycles. The van der Waals surface area contributed by atoms with Gasteiger partial charge in [-0.3, -0.25) is 4.55 Å². The molecule has 0 aromatic heterocycles. The highest BCUT2D eigenvalue weighted by atomic mass is 32.2. The van der Waals surface area contributed by atoms with Crippen LogP contribution in [0.2, 0.25) is 0 Å². The molecular formula is C9H9F3O3S. The van der Waals surface area contributed by atoms with Crippen LogP contribution in [0, 0.1) is 0 Å². The number of hydrogen-bond acceptors (Lipinski definition) is 2. The van der Waals surface area contributed by atoms with Crippen molar-refractivity contribution >= 4 is 16.2 Å². The van der Waals surface area contributed by atoms with Gasteiger partial charge in [-0.05, 0) is 5.56 Å².